The highest BCUT2D eigenvalue weighted by atomic mass is 32.2. The number of anilines is 1. The van der Waals surface area contributed by atoms with E-state index in [1.807, 2.05) is 42.6 Å². The molecule has 0 aliphatic carbocycles. The van der Waals surface area contributed by atoms with Crippen LogP contribution in [-0.4, -0.2) is 25.9 Å². The zero-order chi connectivity index (χ0) is 18.5. The zero-order valence-corrected chi connectivity index (χ0v) is 15.8. The lowest BCUT2D eigenvalue weighted by Gasteiger charge is -2.04. The number of rotatable bonds is 6. The van der Waals surface area contributed by atoms with Gasteiger partial charge in [-0.3, -0.25) is 10.1 Å². The van der Waals surface area contributed by atoms with Gasteiger partial charge in [0.05, 0.1) is 5.69 Å². The Labute approximate surface area is 164 Å². The first-order valence-electron chi connectivity index (χ1n) is 8.19. The number of aromatic nitrogens is 4. The summed E-state index contributed by atoms with van der Waals surface area (Å²) in [7, 11) is 0. The molecule has 6 nitrogen and oxygen atoms in total. The summed E-state index contributed by atoms with van der Waals surface area (Å²) in [5.74, 6) is 0.607. The van der Waals surface area contributed by atoms with Gasteiger partial charge >= 0.3 is 0 Å². The minimum Gasteiger partial charge on any atom is -0.296 e. The van der Waals surface area contributed by atoms with Gasteiger partial charge in [-0.05, 0) is 35.9 Å². The fourth-order valence-corrected chi connectivity index (χ4v) is 4.10. The maximum Gasteiger partial charge on any atom is 0.257 e. The molecule has 1 N–H and O–H groups in total. The number of thioether (sulfide) groups is 1. The van der Waals surface area contributed by atoms with Crippen molar-refractivity contribution in [2.75, 3.05) is 5.32 Å². The van der Waals surface area contributed by atoms with E-state index in [4.69, 9.17) is 0 Å². The summed E-state index contributed by atoms with van der Waals surface area (Å²) in [4.78, 5) is 12.4. The first-order valence-corrected chi connectivity index (χ1v) is 10.00. The molecule has 1 amide bonds. The van der Waals surface area contributed by atoms with Crippen LogP contribution in [0.2, 0.25) is 0 Å². The van der Waals surface area contributed by atoms with E-state index in [2.05, 4.69) is 32.7 Å². The Bertz CT molecular complexity index is 1010. The second-order valence-corrected chi connectivity index (χ2v) is 7.80. The molecule has 2 aromatic heterocycles. The van der Waals surface area contributed by atoms with Gasteiger partial charge in [0.25, 0.3) is 5.91 Å². The van der Waals surface area contributed by atoms with Crippen molar-refractivity contribution in [3.05, 3.63) is 84.2 Å². The summed E-state index contributed by atoms with van der Waals surface area (Å²) in [6, 6.07) is 19.2. The van der Waals surface area contributed by atoms with Crippen LogP contribution >= 0.6 is 23.1 Å². The van der Waals surface area contributed by atoms with E-state index < -0.39 is 0 Å². The van der Waals surface area contributed by atoms with E-state index in [9.17, 15) is 4.79 Å². The van der Waals surface area contributed by atoms with E-state index >= 15 is 0 Å². The van der Waals surface area contributed by atoms with Crippen molar-refractivity contribution in [2.24, 2.45) is 0 Å². The molecule has 0 aliphatic rings. The first kappa shape index (κ1) is 17.4. The molecule has 0 spiro atoms. The Balaban J connectivity index is 1.36. The Morgan fingerprint density at radius 1 is 1.04 bits per heavy atom. The monoisotopic (exact) mass is 393 g/mol. The van der Waals surface area contributed by atoms with Gasteiger partial charge in [0.15, 0.2) is 4.34 Å². The van der Waals surface area contributed by atoms with Gasteiger partial charge in [-0.2, -0.15) is 5.10 Å². The molecule has 4 rings (SSSR count). The predicted octanol–water partition coefficient (Wildman–Crippen LogP) is 4.27. The lowest BCUT2D eigenvalue weighted by molar-refractivity contribution is 0.102. The Morgan fingerprint density at radius 3 is 2.59 bits per heavy atom. The minimum atomic E-state index is -0.210. The third-order valence-electron chi connectivity index (χ3n) is 3.73. The Morgan fingerprint density at radius 2 is 1.85 bits per heavy atom. The van der Waals surface area contributed by atoms with Crippen molar-refractivity contribution in [2.45, 2.75) is 10.1 Å². The second-order valence-electron chi connectivity index (χ2n) is 5.60. The summed E-state index contributed by atoms with van der Waals surface area (Å²) in [6.07, 6.45) is 3.56. The summed E-state index contributed by atoms with van der Waals surface area (Å²) >= 11 is 2.97. The van der Waals surface area contributed by atoms with Crippen molar-refractivity contribution < 1.29 is 4.79 Å². The van der Waals surface area contributed by atoms with Gasteiger partial charge in [-0.15, -0.1) is 10.2 Å². The van der Waals surface area contributed by atoms with E-state index in [1.165, 1.54) is 16.9 Å². The number of hydrogen-bond acceptors (Lipinski definition) is 6. The smallest absolute Gasteiger partial charge is 0.257 e. The number of carbonyl (C=O) groups excluding carboxylic acids is 1. The number of carbonyl (C=O) groups is 1. The highest BCUT2D eigenvalue weighted by molar-refractivity contribution is 8.00. The molecule has 0 saturated heterocycles. The molecular formula is C19H15N5OS2. The zero-order valence-electron chi connectivity index (χ0n) is 14.1. The fraction of sp³-hybridized carbons (Fsp3) is 0.0526. The number of hydrogen-bond donors (Lipinski definition) is 1. The largest absolute Gasteiger partial charge is 0.296 e. The average Bonchev–Trinajstić information content (AvgIpc) is 3.40. The molecule has 134 valence electrons. The molecule has 0 fully saturated rings. The summed E-state index contributed by atoms with van der Waals surface area (Å²) in [5, 5.41) is 15.6. The Hall–Kier alpha value is -2.97. The average molecular weight is 393 g/mol. The molecule has 8 heteroatoms. The van der Waals surface area contributed by atoms with Gasteiger partial charge in [0, 0.05) is 23.7 Å². The third kappa shape index (κ3) is 4.42. The maximum atomic E-state index is 12.4. The quantitative estimate of drug-likeness (QED) is 0.391. The number of nitrogens with zero attached hydrogens (tertiary/aromatic N) is 4. The van der Waals surface area contributed by atoms with Crippen LogP contribution in [0.15, 0.2) is 77.4 Å². The molecule has 2 heterocycles. The van der Waals surface area contributed by atoms with Crippen LogP contribution in [0.5, 0.6) is 0 Å². The van der Waals surface area contributed by atoms with Crippen LogP contribution in [0, 0.1) is 0 Å². The van der Waals surface area contributed by atoms with Gasteiger partial charge in [0.1, 0.15) is 0 Å². The van der Waals surface area contributed by atoms with E-state index in [0.29, 0.717) is 10.7 Å². The molecule has 0 radical (unpaired) electrons. The lowest BCUT2D eigenvalue weighted by Crippen LogP contribution is -2.11. The number of amides is 1. The van der Waals surface area contributed by atoms with Crippen LogP contribution in [0.3, 0.4) is 0 Å². The van der Waals surface area contributed by atoms with E-state index in [-0.39, 0.29) is 5.91 Å². The highest BCUT2D eigenvalue weighted by Crippen LogP contribution is 2.28. The molecule has 0 saturated carbocycles. The van der Waals surface area contributed by atoms with Crippen LogP contribution in [0.1, 0.15) is 15.9 Å². The standard InChI is InChI=1S/C19H15N5OS2/c25-17(15-7-9-16(10-8-15)24-12-4-11-20-24)21-18-22-23-19(27-18)26-13-14-5-2-1-3-6-14/h1-12H,13H2,(H,21,22,25). The molecule has 27 heavy (non-hydrogen) atoms. The summed E-state index contributed by atoms with van der Waals surface area (Å²) in [6.45, 7) is 0. The molecule has 0 atom stereocenters. The van der Waals surface area contributed by atoms with Gasteiger partial charge in [-0.1, -0.05) is 53.4 Å². The Kier molecular flexibility index (Phi) is 5.27. The molecule has 0 bridgehead atoms. The van der Waals surface area contributed by atoms with Gasteiger partial charge in [-0.25, -0.2) is 4.68 Å². The maximum absolute atomic E-state index is 12.4. The lowest BCUT2D eigenvalue weighted by atomic mass is 10.2. The first-order chi connectivity index (χ1) is 13.3. The number of nitrogens with one attached hydrogen (secondary N) is 1. The van der Waals surface area contributed by atoms with Gasteiger partial charge < -0.3 is 0 Å². The van der Waals surface area contributed by atoms with Gasteiger partial charge in [0.2, 0.25) is 5.13 Å². The topological polar surface area (TPSA) is 72.7 Å². The van der Waals surface area contributed by atoms with Crippen molar-refractivity contribution in [3.63, 3.8) is 0 Å². The van der Waals surface area contributed by atoms with E-state index in [1.54, 1.807) is 34.8 Å². The summed E-state index contributed by atoms with van der Waals surface area (Å²) < 4.78 is 2.56. The second kappa shape index (κ2) is 8.15. The normalized spacial score (nSPS) is 10.7. The molecule has 4 aromatic rings. The van der Waals surface area contributed by atoms with Crippen molar-refractivity contribution in [1.29, 1.82) is 0 Å². The van der Waals surface area contributed by atoms with Crippen molar-refractivity contribution in [3.8, 4) is 5.69 Å². The third-order valence-corrected chi connectivity index (χ3v) is 5.77. The van der Waals surface area contributed by atoms with E-state index in [0.717, 1.165) is 15.8 Å². The van der Waals surface area contributed by atoms with Crippen LogP contribution in [-0.2, 0) is 5.75 Å². The van der Waals surface area contributed by atoms with Crippen LogP contribution in [0.25, 0.3) is 5.69 Å². The number of benzene rings is 2. The summed E-state index contributed by atoms with van der Waals surface area (Å²) in [5.41, 5.74) is 2.67. The van der Waals surface area contributed by atoms with Crippen molar-refractivity contribution in [1.82, 2.24) is 20.0 Å². The molecule has 2 aromatic carbocycles. The van der Waals surface area contributed by atoms with Crippen LogP contribution < -0.4 is 5.32 Å². The fourth-order valence-electron chi connectivity index (χ4n) is 2.39. The minimum absolute atomic E-state index is 0.210. The van der Waals surface area contributed by atoms with Crippen LogP contribution in [0.4, 0.5) is 5.13 Å². The highest BCUT2D eigenvalue weighted by Gasteiger charge is 2.11. The van der Waals surface area contributed by atoms with Crippen molar-refractivity contribution >= 4 is 34.1 Å². The predicted molar refractivity (Wildman–Crippen MR) is 107 cm³/mol. The molecule has 0 unspecified atom stereocenters. The molecular weight excluding hydrogens is 378 g/mol. The SMILES string of the molecule is O=C(Nc1nnc(SCc2ccccc2)s1)c1ccc(-n2cccn2)cc1. The molecule has 0 aliphatic heterocycles.